The van der Waals surface area contributed by atoms with E-state index in [1.165, 1.54) is 0 Å². The zero-order valence-electron chi connectivity index (χ0n) is 6.00. The molecule has 0 bridgehead atoms. The van der Waals surface area contributed by atoms with Crippen molar-refractivity contribution >= 4 is 17.2 Å². The maximum atomic E-state index is 5.32. The van der Waals surface area contributed by atoms with Crippen LogP contribution in [-0.2, 0) is 0 Å². The molecule has 0 fully saturated rings. The van der Waals surface area contributed by atoms with Gasteiger partial charge in [-0.3, -0.25) is 0 Å². The summed E-state index contributed by atoms with van der Waals surface area (Å²) in [5, 5.41) is 0. The highest BCUT2D eigenvalue weighted by molar-refractivity contribution is 7.80. The first-order chi connectivity index (χ1) is 4.68. The SMILES string of the molecule is C=C/C=C\C=C(/C)C(N)=S. The lowest BCUT2D eigenvalue weighted by atomic mass is 10.3. The number of thiocarbonyl (C=S) groups is 1. The molecule has 0 aromatic rings. The molecule has 0 saturated heterocycles. The van der Waals surface area contributed by atoms with Crippen LogP contribution < -0.4 is 5.73 Å². The largest absolute Gasteiger partial charge is 0.390 e. The fourth-order valence-corrected chi connectivity index (χ4v) is 0.429. The highest BCUT2D eigenvalue weighted by Crippen LogP contribution is 1.92. The number of hydrogen-bond acceptors (Lipinski definition) is 1. The molecule has 0 aliphatic rings. The maximum absolute atomic E-state index is 5.32. The van der Waals surface area contributed by atoms with Gasteiger partial charge in [-0.1, -0.05) is 43.1 Å². The van der Waals surface area contributed by atoms with Gasteiger partial charge in [0.25, 0.3) is 0 Å². The summed E-state index contributed by atoms with van der Waals surface area (Å²) >= 11 is 4.72. The van der Waals surface area contributed by atoms with Crippen LogP contribution in [0.15, 0.2) is 36.5 Å². The van der Waals surface area contributed by atoms with Gasteiger partial charge in [0.1, 0.15) is 0 Å². The van der Waals surface area contributed by atoms with Gasteiger partial charge in [-0.15, -0.1) is 0 Å². The Morgan fingerprint density at radius 1 is 1.50 bits per heavy atom. The Morgan fingerprint density at radius 3 is 2.50 bits per heavy atom. The number of rotatable bonds is 3. The molecule has 0 atom stereocenters. The van der Waals surface area contributed by atoms with E-state index >= 15 is 0 Å². The van der Waals surface area contributed by atoms with E-state index in [2.05, 4.69) is 6.58 Å². The summed E-state index contributed by atoms with van der Waals surface area (Å²) in [7, 11) is 0. The molecule has 0 rings (SSSR count). The molecule has 0 unspecified atom stereocenters. The van der Waals surface area contributed by atoms with Crippen LogP contribution in [-0.4, -0.2) is 4.99 Å². The Labute approximate surface area is 66.9 Å². The number of allylic oxidation sites excluding steroid dienone is 4. The number of hydrogen-bond donors (Lipinski definition) is 1. The highest BCUT2D eigenvalue weighted by atomic mass is 32.1. The maximum Gasteiger partial charge on any atom is 0.0991 e. The Balaban J connectivity index is 4.04. The molecule has 10 heavy (non-hydrogen) atoms. The van der Waals surface area contributed by atoms with Crippen LogP contribution in [0.2, 0.25) is 0 Å². The summed E-state index contributed by atoms with van der Waals surface area (Å²) in [5.41, 5.74) is 6.23. The minimum atomic E-state index is 0.439. The van der Waals surface area contributed by atoms with E-state index in [1.807, 2.05) is 25.2 Å². The summed E-state index contributed by atoms with van der Waals surface area (Å²) < 4.78 is 0. The van der Waals surface area contributed by atoms with E-state index in [-0.39, 0.29) is 0 Å². The first kappa shape index (κ1) is 9.11. The zero-order valence-corrected chi connectivity index (χ0v) is 6.82. The molecule has 0 spiro atoms. The second kappa shape index (κ2) is 4.94. The Morgan fingerprint density at radius 2 is 2.10 bits per heavy atom. The second-order valence-corrected chi connectivity index (χ2v) is 2.27. The van der Waals surface area contributed by atoms with Gasteiger partial charge in [0.05, 0.1) is 4.99 Å². The average Bonchev–Trinajstić information content (AvgIpc) is 1.88. The van der Waals surface area contributed by atoms with Gasteiger partial charge in [0, 0.05) is 0 Å². The highest BCUT2D eigenvalue weighted by Gasteiger charge is 1.86. The monoisotopic (exact) mass is 153 g/mol. The fourth-order valence-electron chi connectivity index (χ4n) is 0.361. The third-order valence-electron chi connectivity index (χ3n) is 0.982. The van der Waals surface area contributed by atoms with Gasteiger partial charge in [0.2, 0.25) is 0 Å². The van der Waals surface area contributed by atoms with E-state index in [9.17, 15) is 0 Å². The minimum absolute atomic E-state index is 0.439. The summed E-state index contributed by atoms with van der Waals surface area (Å²) in [6, 6.07) is 0. The van der Waals surface area contributed by atoms with E-state index < -0.39 is 0 Å². The Hall–Kier alpha value is -0.890. The molecular formula is C8H11NS. The van der Waals surface area contributed by atoms with Crippen LogP contribution in [0.5, 0.6) is 0 Å². The van der Waals surface area contributed by atoms with E-state index in [4.69, 9.17) is 18.0 Å². The normalized spacial score (nSPS) is 11.9. The molecule has 1 nitrogen and oxygen atoms in total. The van der Waals surface area contributed by atoms with E-state index in [0.29, 0.717) is 4.99 Å². The van der Waals surface area contributed by atoms with Crippen LogP contribution >= 0.6 is 12.2 Å². The average molecular weight is 153 g/mol. The van der Waals surface area contributed by atoms with Crippen molar-refractivity contribution < 1.29 is 0 Å². The first-order valence-electron chi connectivity index (χ1n) is 2.94. The van der Waals surface area contributed by atoms with Gasteiger partial charge in [-0.05, 0) is 12.5 Å². The molecule has 0 aromatic carbocycles. The molecule has 0 aromatic heterocycles. The van der Waals surface area contributed by atoms with E-state index in [1.54, 1.807) is 6.08 Å². The molecule has 0 heterocycles. The molecule has 2 heteroatoms. The van der Waals surface area contributed by atoms with E-state index in [0.717, 1.165) is 5.57 Å². The molecule has 0 amide bonds. The predicted molar refractivity (Wildman–Crippen MR) is 49.9 cm³/mol. The van der Waals surface area contributed by atoms with Gasteiger partial charge >= 0.3 is 0 Å². The van der Waals surface area contributed by atoms with Crippen molar-refractivity contribution in [2.75, 3.05) is 0 Å². The van der Waals surface area contributed by atoms with Crippen molar-refractivity contribution in [2.45, 2.75) is 6.92 Å². The lowest BCUT2D eigenvalue weighted by Crippen LogP contribution is -2.08. The van der Waals surface area contributed by atoms with Gasteiger partial charge in [-0.25, -0.2) is 0 Å². The predicted octanol–water partition coefficient (Wildman–Crippen LogP) is 1.96. The molecule has 2 N–H and O–H groups in total. The second-order valence-electron chi connectivity index (χ2n) is 1.83. The van der Waals surface area contributed by atoms with Gasteiger partial charge in [0.15, 0.2) is 0 Å². The van der Waals surface area contributed by atoms with Crippen molar-refractivity contribution in [2.24, 2.45) is 5.73 Å². The van der Waals surface area contributed by atoms with Crippen LogP contribution in [0, 0.1) is 0 Å². The molecule has 0 aliphatic heterocycles. The molecular weight excluding hydrogens is 142 g/mol. The summed E-state index contributed by atoms with van der Waals surface area (Å²) in [5.74, 6) is 0. The molecule has 0 radical (unpaired) electrons. The third-order valence-corrected chi connectivity index (χ3v) is 1.30. The first-order valence-corrected chi connectivity index (χ1v) is 3.35. The van der Waals surface area contributed by atoms with Crippen molar-refractivity contribution in [1.29, 1.82) is 0 Å². The number of nitrogens with two attached hydrogens (primary N) is 1. The standard InChI is InChI=1S/C8H11NS/c1-3-4-5-6-7(2)8(9)10/h3-6H,1H2,2H3,(H2,9,10)/b5-4-,7-6+. The Kier molecular flexibility index (Phi) is 4.50. The Bertz CT molecular complexity index is 189. The van der Waals surface area contributed by atoms with Crippen molar-refractivity contribution in [3.63, 3.8) is 0 Å². The zero-order chi connectivity index (χ0) is 7.98. The van der Waals surface area contributed by atoms with Crippen LogP contribution in [0.25, 0.3) is 0 Å². The summed E-state index contributed by atoms with van der Waals surface area (Å²) in [6.45, 7) is 5.39. The van der Waals surface area contributed by atoms with Crippen molar-refractivity contribution in [1.82, 2.24) is 0 Å². The fraction of sp³-hybridized carbons (Fsp3) is 0.125. The minimum Gasteiger partial charge on any atom is -0.390 e. The van der Waals surface area contributed by atoms with Crippen LogP contribution in [0.3, 0.4) is 0 Å². The molecule has 0 saturated carbocycles. The summed E-state index contributed by atoms with van der Waals surface area (Å²) in [4.78, 5) is 0.439. The smallest absolute Gasteiger partial charge is 0.0991 e. The molecule has 0 aliphatic carbocycles. The summed E-state index contributed by atoms with van der Waals surface area (Å²) in [6.07, 6.45) is 7.22. The van der Waals surface area contributed by atoms with Gasteiger partial charge < -0.3 is 5.73 Å². The van der Waals surface area contributed by atoms with Gasteiger partial charge in [-0.2, -0.15) is 0 Å². The quantitative estimate of drug-likeness (QED) is 0.381. The van der Waals surface area contributed by atoms with Crippen molar-refractivity contribution in [3.05, 3.63) is 36.5 Å². The van der Waals surface area contributed by atoms with Crippen LogP contribution in [0.1, 0.15) is 6.92 Å². The topological polar surface area (TPSA) is 26.0 Å². The lowest BCUT2D eigenvalue weighted by Gasteiger charge is -1.91. The van der Waals surface area contributed by atoms with Crippen molar-refractivity contribution in [3.8, 4) is 0 Å². The molecule has 54 valence electrons. The third kappa shape index (κ3) is 4.04. The van der Waals surface area contributed by atoms with Crippen LogP contribution in [0.4, 0.5) is 0 Å². The lowest BCUT2D eigenvalue weighted by molar-refractivity contribution is 1.56.